The van der Waals surface area contributed by atoms with Crippen molar-refractivity contribution in [3.8, 4) is 0 Å². The topological polar surface area (TPSA) is 119 Å². The highest BCUT2D eigenvalue weighted by atomic mass is 32.1. The van der Waals surface area contributed by atoms with Crippen LogP contribution in [-0.4, -0.2) is 46.7 Å². The van der Waals surface area contributed by atoms with Crippen molar-refractivity contribution in [3.63, 3.8) is 0 Å². The van der Waals surface area contributed by atoms with E-state index in [4.69, 9.17) is 21.6 Å². The minimum atomic E-state index is -0.454. The fourth-order valence-corrected chi connectivity index (χ4v) is 3.19. The number of benzene rings is 2. The molecule has 0 aliphatic carbocycles. The van der Waals surface area contributed by atoms with Crippen molar-refractivity contribution in [2.75, 3.05) is 41.8 Å². The van der Waals surface area contributed by atoms with Gasteiger partial charge in [0.2, 0.25) is 0 Å². The zero-order valence-electron chi connectivity index (χ0n) is 14.6. The van der Waals surface area contributed by atoms with Gasteiger partial charge in [-0.2, -0.15) is 0 Å². The lowest BCUT2D eigenvalue weighted by molar-refractivity contribution is -0.384. The normalized spacial score (nSPS) is 14.1. The smallest absolute Gasteiger partial charge is 0.269 e. The minimum absolute atomic E-state index is 0.0125. The molecule has 1 saturated heterocycles. The number of hydrogen-bond acceptors (Lipinski definition) is 8. The van der Waals surface area contributed by atoms with E-state index in [-0.39, 0.29) is 5.69 Å². The summed E-state index contributed by atoms with van der Waals surface area (Å²) in [6.45, 7) is 2.87. The van der Waals surface area contributed by atoms with Crippen LogP contribution in [0.1, 0.15) is 0 Å². The summed E-state index contributed by atoms with van der Waals surface area (Å²) in [4.78, 5) is 12.5. The average molecular weight is 400 g/mol. The van der Waals surface area contributed by atoms with Crippen LogP contribution in [-0.2, 0) is 4.74 Å². The first kappa shape index (κ1) is 18.1. The number of ether oxygens (including phenoxy) is 1. The molecule has 10 nitrogen and oxygen atoms in total. The van der Waals surface area contributed by atoms with Gasteiger partial charge in [0, 0.05) is 30.9 Å². The molecule has 28 heavy (non-hydrogen) atoms. The molecule has 2 heterocycles. The van der Waals surface area contributed by atoms with Crippen molar-refractivity contribution in [3.05, 3.63) is 46.5 Å². The molecule has 144 valence electrons. The van der Waals surface area contributed by atoms with Crippen LogP contribution in [0.3, 0.4) is 0 Å². The largest absolute Gasteiger partial charge is 0.378 e. The lowest BCUT2D eigenvalue weighted by atomic mass is 10.2. The molecule has 0 amide bonds. The molecule has 0 bridgehead atoms. The third kappa shape index (κ3) is 3.70. The highest BCUT2D eigenvalue weighted by Crippen LogP contribution is 2.30. The van der Waals surface area contributed by atoms with E-state index < -0.39 is 4.92 Å². The average Bonchev–Trinajstić information content (AvgIpc) is 3.19. The second-order valence-corrected chi connectivity index (χ2v) is 6.48. The van der Waals surface area contributed by atoms with Crippen LogP contribution in [0.5, 0.6) is 0 Å². The molecule has 1 aliphatic rings. The molecule has 11 heteroatoms. The predicted octanol–water partition coefficient (Wildman–Crippen LogP) is 2.78. The van der Waals surface area contributed by atoms with Gasteiger partial charge in [0.1, 0.15) is 0 Å². The Balaban J connectivity index is 1.50. The predicted molar refractivity (Wildman–Crippen MR) is 108 cm³/mol. The van der Waals surface area contributed by atoms with Gasteiger partial charge < -0.3 is 20.3 Å². The molecule has 0 atom stereocenters. The SMILES string of the molecule is O=[N+]([O-])c1ccc(NC(=S)Nc2ccc(N3CCOCC3)c3nonc23)cc1. The number of aromatic nitrogens is 2. The quantitative estimate of drug-likeness (QED) is 0.384. The first-order chi connectivity index (χ1) is 13.6. The Morgan fingerprint density at radius 1 is 1.07 bits per heavy atom. The summed E-state index contributed by atoms with van der Waals surface area (Å²) in [5.41, 5.74) is 3.43. The van der Waals surface area contributed by atoms with Crippen molar-refractivity contribution in [1.29, 1.82) is 0 Å². The monoisotopic (exact) mass is 400 g/mol. The van der Waals surface area contributed by atoms with E-state index in [1.54, 1.807) is 12.1 Å². The number of hydrogen-bond donors (Lipinski definition) is 2. The van der Waals surface area contributed by atoms with Crippen LogP contribution in [0.2, 0.25) is 0 Å². The third-order valence-corrected chi connectivity index (χ3v) is 4.53. The fourth-order valence-electron chi connectivity index (χ4n) is 2.96. The van der Waals surface area contributed by atoms with E-state index in [0.717, 1.165) is 18.8 Å². The maximum Gasteiger partial charge on any atom is 0.269 e. The summed E-state index contributed by atoms with van der Waals surface area (Å²) in [6.07, 6.45) is 0. The van der Waals surface area contributed by atoms with Crippen molar-refractivity contribution in [2.24, 2.45) is 0 Å². The summed E-state index contributed by atoms with van der Waals surface area (Å²) in [7, 11) is 0. The van der Waals surface area contributed by atoms with Crippen LogP contribution >= 0.6 is 12.2 Å². The molecule has 0 spiro atoms. The van der Waals surface area contributed by atoms with E-state index in [9.17, 15) is 10.1 Å². The molecule has 1 fully saturated rings. The summed E-state index contributed by atoms with van der Waals surface area (Å²) < 4.78 is 10.3. The van der Waals surface area contributed by atoms with E-state index in [1.165, 1.54) is 12.1 Å². The summed E-state index contributed by atoms with van der Waals surface area (Å²) in [5.74, 6) is 0. The van der Waals surface area contributed by atoms with Gasteiger partial charge in [-0.05, 0) is 46.8 Å². The summed E-state index contributed by atoms with van der Waals surface area (Å²) >= 11 is 5.34. The fraction of sp³-hybridized carbons (Fsp3) is 0.235. The first-order valence-corrected chi connectivity index (χ1v) is 8.93. The molecule has 1 aromatic heterocycles. The lowest BCUT2D eigenvalue weighted by Gasteiger charge is -2.28. The van der Waals surface area contributed by atoms with Gasteiger partial charge >= 0.3 is 0 Å². The Kier molecular flexibility index (Phi) is 5.00. The third-order valence-electron chi connectivity index (χ3n) is 4.33. The number of morpholine rings is 1. The Labute approximate surface area is 164 Å². The number of rotatable bonds is 4. The van der Waals surface area contributed by atoms with Gasteiger partial charge in [-0.1, -0.05) is 0 Å². The van der Waals surface area contributed by atoms with Gasteiger partial charge in [0.05, 0.1) is 29.5 Å². The van der Waals surface area contributed by atoms with Crippen molar-refractivity contribution < 1.29 is 14.3 Å². The number of nitrogens with zero attached hydrogens (tertiary/aromatic N) is 4. The number of thiocarbonyl (C=S) groups is 1. The molecule has 0 radical (unpaired) electrons. The molecule has 0 unspecified atom stereocenters. The molecule has 2 aromatic carbocycles. The van der Waals surface area contributed by atoms with Crippen LogP contribution in [0.25, 0.3) is 11.0 Å². The Hall–Kier alpha value is -3.31. The Morgan fingerprint density at radius 2 is 1.79 bits per heavy atom. The molecular formula is C17H16N6O4S. The van der Waals surface area contributed by atoms with Gasteiger partial charge in [0.25, 0.3) is 5.69 Å². The highest BCUT2D eigenvalue weighted by Gasteiger charge is 2.19. The second kappa shape index (κ2) is 7.74. The van der Waals surface area contributed by atoms with Crippen molar-refractivity contribution in [1.82, 2.24) is 10.3 Å². The van der Waals surface area contributed by atoms with E-state index in [2.05, 4.69) is 25.8 Å². The molecule has 2 N–H and O–H groups in total. The van der Waals surface area contributed by atoms with E-state index >= 15 is 0 Å². The first-order valence-electron chi connectivity index (χ1n) is 8.52. The lowest BCUT2D eigenvalue weighted by Crippen LogP contribution is -2.36. The molecule has 1 aliphatic heterocycles. The Bertz CT molecular complexity index is 1020. The van der Waals surface area contributed by atoms with Crippen LogP contribution < -0.4 is 15.5 Å². The van der Waals surface area contributed by atoms with Crippen molar-refractivity contribution >= 4 is 51.1 Å². The second-order valence-electron chi connectivity index (χ2n) is 6.08. The molecular weight excluding hydrogens is 384 g/mol. The van der Waals surface area contributed by atoms with Gasteiger partial charge in [-0.15, -0.1) is 0 Å². The minimum Gasteiger partial charge on any atom is -0.378 e. The molecule has 4 rings (SSSR count). The number of nitro groups is 1. The number of fused-ring (bicyclic) bond motifs is 1. The number of nitro benzene ring substituents is 1. The zero-order chi connectivity index (χ0) is 19.5. The van der Waals surface area contributed by atoms with Gasteiger partial charge in [-0.3, -0.25) is 10.1 Å². The maximum atomic E-state index is 10.7. The van der Waals surface area contributed by atoms with Gasteiger partial charge in [-0.25, -0.2) is 4.63 Å². The van der Waals surface area contributed by atoms with E-state index in [0.29, 0.717) is 40.7 Å². The number of anilines is 3. The van der Waals surface area contributed by atoms with Gasteiger partial charge in [0.15, 0.2) is 16.1 Å². The number of nitrogens with one attached hydrogen (secondary N) is 2. The maximum absolute atomic E-state index is 10.7. The number of non-ortho nitro benzene ring substituents is 1. The standard InChI is InChI=1S/C17H16N6O4S/c24-23(25)12-3-1-11(2-4-12)18-17(28)19-13-5-6-14(16-15(13)20-27-21-16)22-7-9-26-10-8-22/h1-6H,7-10H2,(H2,18,19,28). The molecule has 0 saturated carbocycles. The highest BCUT2D eigenvalue weighted by molar-refractivity contribution is 7.80. The van der Waals surface area contributed by atoms with Crippen LogP contribution in [0.15, 0.2) is 41.0 Å². The Morgan fingerprint density at radius 3 is 2.50 bits per heavy atom. The van der Waals surface area contributed by atoms with E-state index in [1.807, 2.05) is 12.1 Å². The summed E-state index contributed by atoms with van der Waals surface area (Å²) in [6, 6.07) is 9.78. The molecule has 3 aromatic rings. The van der Waals surface area contributed by atoms with Crippen LogP contribution in [0.4, 0.5) is 22.7 Å². The van der Waals surface area contributed by atoms with Crippen LogP contribution in [0, 0.1) is 10.1 Å². The zero-order valence-corrected chi connectivity index (χ0v) is 15.4. The summed E-state index contributed by atoms with van der Waals surface area (Å²) in [5, 5.41) is 25.1. The van der Waals surface area contributed by atoms with Crippen molar-refractivity contribution in [2.45, 2.75) is 0 Å².